The SMILES string of the molecule is C=C(CSC(C)C)C(C)(C)C. The van der Waals surface area contributed by atoms with Crippen molar-refractivity contribution in [3.63, 3.8) is 0 Å². The topological polar surface area (TPSA) is 0 Å². The Morgan fingerprint density at radius 3 is 2.09 bits per heavy atom. The number of thioether (sulfide) groups is 1. The summed E-state index contributed by atoms with van der Waals surface area (Å²) in [7, 11) is 0. The summed E-state index contributed by atoms with van der Waals surface area (Å²) in [4.78, 5) is 0. The van der Waals surface area contributed by atoms with Crippen LogP contribution in [0.5, 0.6) is 0 Å². The maximum Gasteiger partial charge on any atom is 0.0148 e. The summed E-state index contributed by atoms with van der Waals surface area (Å²) in [5.74, 6) is 1.10. The van der Waals surface area contributed by atoms with Gasteiger partial charge >= 0.3 is 0 Å². The number of hydrogen-bond donors (Lipinski definition) is 0. The molecule has 0 amide bonds. The summed E-state index contributed by atoms with van der Waals surface area (Å²) in [6.07, 6.45) is 0. The van der Waals surface area contributed by atoms with E-state index in [-0.39, 0.29) is 5.41 Å². The summed E-state index contributed by atoms with van der Waals surface area (Å²) < 4.78 is 0. The third-order valence-corrected chi connectivity index (χ3v) is 2.83. The summed E-state index contributed by atoms with van der Waals surface area (Å²) in [6.45, 7) is 15.2. The normalized spacial score (nSPS) is 12.2. The van der Waals surface area contributed by atoms with Gasteiger partial charge in [-0.3, -0.25) is 0 Å². The van der Waals surface area contributed by atoms with Gasteiger partial charge in [0.05, 0.1) is 0 Å². The van der Waals surface area contributed by atoms with E-state index in [0.717, 1.165) is 5.75 Å². The molecule has 0 aliphatic carbocycles. The lowest BCUT2D eigenvalue weighted by Crippen LogP contribution is -2.11. The van der Waals surface area contributed by atoms with Crippen LogP contribution in [-0.4, -0.2) is 11.0 Å². The maximum absolute atomic E-state index is 4.08. The van der Waals surface area contributed by atoms with Gasteiger partial charge in [-0.2, -0.15) is 11.8 Å². The van der Waals surface area contributed by atoms with Gasteiger partial charge in [-0.25, -0.2) is 0 Å². The third-order valence-electron chi connectivity index (χ3n) is 1.65. The van der Waals surface area contributed by atoms with Gasteiger partial charge in [0, 0.05) is 5.75 Å². The second-order valence-electron chi connectivity index (χ2n) is 4.21. The number of rotatable bonds is 3. The molecule has 0 radical (unpaired) electrons. The largest absolute Gasteiger partial charge is 0.155 e. The van der Waals surface area contributed by atoms with Crippen molar-refractivity contribution in [1.29, 1.82) is 0 Å². The van der Waals surface area contributed by atoms with Crippen LogP contribution in [0.2, 0.25) is 0 Å². The lowest BCUT2D eigenvalue weighted by Gasteiger charge is -2.22. The molecule has 0 saturated carbocycles. The van der Waals surface area contributed by atoms with E-state index in [9.17, 15) is 0 Å². The molecule has 0 aromatic heterocycles. The zero-order valence-electron chi connectivity index (χ0n) is 8.40. The fourth-order valence-electron chi connectivity index (χ4n) is 0.484. The Morgan fingerprint density at radius 1 is 1.36 bits per heavy atom. The molecule has 0 nitrogen and oxygen atoms in total. The molecule has 0 aliphatic rings. The first kappa shape index (κ1) is 11.1. The van der Waals surface area contributed by atoms with Crippen molar-refractivity contribution in [1.82, 2.24) is 0 Å². The second kappa shape index (κ2) is 4.20. The van der Waals surface area contributed by atoms with Crippen LogP contribution < -0.4 is 0 Å². The van der Waals surface area contributed by atoms with Crippen LogP contribution in [0.25, 0.3) is 0 Å². The van der Waals surface area contributed by atoms with Crippen molar-refractivity contribution in [2.24, 2.45) is 5.41 Å². The zero-order chi connectivity index (χ0) is 9.07. The fraction of sp³-hybridized carbons (Fsp3) is 0.800. The van der Waals surface area contributed by atoms with Crippen molar-refractivity contribution in [3.05, 3.63) is 12.2 Å². The van der Waals surface area contributed by atoms with Crippen LogP contribution in [0.1, 0.15) is 34.6 Å². The van der Waals surface area contributed by atoms with Crippen molar-refractivity contribution >= 4 is 11.8 Å². The Morgan fingerprint density at radius 2 is 1.82 bits per heavy atom. The van der Waals surface area contributed by atoms with Crippen LogP contribution in [0, 0.1) is 5.41 Å². The monoisotopic (exact) mass is 172 g/mol. The Labute approximate surface area is 75.5 Å². The molecular weight excluding hydrogens is 152 g/mol. The van der Waals surface area contributed by atoms with E-state index < -0.39 is 0 Å². The van der Waals surface area contributed by atoms with Crippen molar-refractivity contribution in [2.45, 2.75) is 39.9 Å². The standard InChI is InChI=1S/C10H20S/c1-8(2)11-7-9(3)10(4,5)6/h8H,3,7H2,1-2,4-6H3. The van der Waals surface area contributed by atoms with Crippen LogP contribution >= 0.6 is 11.8 Å². The summed E-state index contributed by atoms with van der Waals surface area (Å²) in [5, 5.41) is 0.717. The Balaban J connectivity index is 3.71. The van der Waals surface area contributed by atoms with Gasteiger partial charge in [-0.15, -0.1) is 0 Å². The molecule has 1 heteroatoms. The zero-order valence-corrected chi connectivity index (χ0v) is 9.22. The first-order valence-corrected chi connectivity index (χ1v) is 5.18. The smallest absolute Gasteiger partial charge is 0.0148 e. The average Bonchev–Trinajstić information content (AvgIpc) is 1.80. The van der Waals surface area contributed by atoms with E-state index in [1.54, 1.807) is 0 Å². The van der Waals surface area contributed by atoms with E-state index >= 15 is 0 Å². The van der Waals surface area contributed by atoms with E-state index in [4.69, 9.17) is 0 Å². The van der Waals surface area contributed by atoms with Crippen LogP contribution in [0.3, 0.4) is 0 Å². The minimum absolute atomic E-state index is 0.280. The molecule has 0 atom stereocenters. The molecule has 0 bridgehead atoms. The molecule has 0 aromatic rings. The molecule has 0 aromatic carbocycles. The highest BCUT2D eigenvalue weighted by molar-refractivity contribution is 8.00. The van der Waals surface area contributed by atoms with Crippen molar-refractivity contribution in [2.75, 3.05) is 5.75 Å². The van der Waals surface area contributed by atoms with Crippen LogP contribution in [0.4, 0.5) is 0 Å². The fourth-order valence-corrected chi connectivity index (χ4v) is 1.45. The summed E-state index contributed by atoms with van der Waals surface area (Å²) in [6, 6.07) is 0. The summed E-state index contributed by atoms with van der Waals surface area (Å²) >= 11 is 1.97. The Kier molecular flexibility index (Phi) is 4.23. The number of hydrogen-bond acceptors (Lipinski definition) is 1. The highest BCUT2D eigenvalue weighted by Crippen LogP contribution is 2.27. The predicted octanol–water partition coefficient (Wildman–Crippen LogP) is 3.73. The van der Waals surface area contributed by atoms with Gasteiger partial charge in [-0.05, 0) is 10.7 Å². The van der Waals surface area contributed by atoms with Gasteiger partial charge in [0.15, 0.2) is 0 Å². The molecule has 0 unspecified atom stereocenters. The molecule has 0 rings (SSSR count). The van der Waals surface area contributed by atoms with Gasteiger partial charge in [0.1, 0.15) is 0 Å². The quantitative estimate of drug-likeness (QED) is 0.585. The first-order valence-electron chi connectivity index (χ1n) is 4.14. The van der Waals surface area contributed by atoms with E-state index in [1.807, 2.05) is 11.8 Å². The molecule has 0 N–H and O–H groups in total. The minimum atomic E-state index is 0.280. The highest BCUT2D eigenvalue weighted by Gasteiger charge is 2.14. The van der Waals surface area contributed by atoms with Gasteiger partial charge in [0.2, 0.25) is 0 Å². The first-order chi connectivity index (χ1) is 4.84. The van der Waals surface area contributed by atoms with Crippen LogP contribution in [-0.2, 0) is 0 Å². The predicted molar refractivity (Wildman–Crippen MR) is 56.2 cm³/mol. The molecule has 66 valence electrons. The minimum Gasteiger partial charge on any atom is -0.155 e. The molecule has 0 saturated heterocycles. The van der Waals surface area contributed by atoms with E-state index in [0.29, 0.717) is 5.25 Å². The van der Waals surface area contributed by atoms with Gasteiger partial charge < -0.3 is 0 Å². The van der Waals surface area contributed by atoms with Crippen molar-refractivity contribution < 1.29 is 0 Å². The summed E-state index contributed by atoms with van der Waals surface area (Å²) in [5.41, 5.74) is 1.62. The highest BCUT2D eigenvalue weighted by atomic mass is 32.2. The molecule has 11 heavy (non-hydrogen) atoms. The average molecular weight is 172 g/mol. The molecule has 0 aliphatic heterocycles. The van der Waals surface area contributed by atoms with Crippen LogP contribution in [0.15, 0.2) is 12.2 Å². The molecule has 0 heterocycles. The Hall–Kier alpha value is 0.0900. The Bertz CT molecular complexity index is 128. The lowest BCUT2D eigenvalue weighted by atomic mass is 9.89. The van der Waals surface area contributed by atoms with Crippen molar-refractivity contribution in [3.8, 4) is 0 Å². The molecule has 0 spiro atoms. The third kappa shape index (κ3) is 5.37. The molecular formula is C10H20S. The maximum atomic E-state index is 4.08. The van der Waals surface area contributed by atoms with Gasteiger partial charge in [0.25, 0.3) is 0 Å². The molecule has 0 fully saturated rings. The van der Waals surface area contributed by atoms with E-state index in [1.165, 1.54) is 5.57 Å². The lowest BCUT2D eigenvalue weighted by molar-refractivity contribution is 0.508. The second-order valence-corrected chi connectivity index (χ2v) is 5.78. The van der Waals surface area contributed by atoms with E-state index in [2.05, 4.69) is 41.2 Å². The van der Waals surface area contributed by atoms with Gasteiger partial charge in [-0.1, -0.05) is 46.8 Å².